The standard InChI is InChI=1S/C30H26N2/c31-27-12-7-13-30(22-27)32(28-18-14-25(15-19-28)23-8-3-1-4-9-23)29-20-16-26(17-21-29)24-10-5-2-6-11-24/h1-5,7-10,12-22H,6,11,31H2. The van der Waals surface area contributed by atoms with Crippen molar-refractivity contribution in [2.24, 2.45) is 0 Å². The van der Waals surface area contributed by atoms with E-state index in [1.54, 1.807) is 0 Å². The largest absolute Gasteiger partial charge is 0.399 e. The normalized spacial score (nSPS) is 12.9. The Morgan fingerprint density at radius 2 is 1.25 bits per heavy atom. The van der Waals surface area contributed by atoms with E-state index in [1.807, 2.05) is 24.3 Å². The van der Waals surface area contributed by atoms with Gasteiger partial charge in [-0.15, -0.1) is 0 Å². The zero-order valence-corrected chi connectivity index (χ0v) is 18.0. The average Bonchev–Trinajstić information content (AvgIpc) is 2.86. The van der Waals surface area contributed by atoms with Crippen LogP contribution in [0.1, 0.15) is 18.4 Å². The minimum atomic E-state index is 0.754. The van der Waals surface area contributed by atoms with Gasteiger partial charge in [0.15, 0.2) is 0 Å². The van der Waals surface area contributed by atoms with Gasteiger partial charge in [0.05, 0.1) is 0 Å². The van der Waals surface area contributed by atoms with E-state index in [4.69, 9.17) is 5.73 Å². The fourth-order valence-corrected chi connectivity index (χ4v) is 4.21. The van der Waals surface area contributed by atoms with Crippen LogP contribution in [0.2, 0.25) is 0 Å². The number of benzene rings is 4. The van der Waals surface area contributed by atoms with Crippen molar-refractivity contribution < 1.29 is 0 Å². The molecule has 0 aromatic heterocycles. The molecule has 5 rings (SSSR count). The number of rotatable bonds is 5. The highest BCUT2D eigenvalue weighted by Crippen LogP contribution is 2.37. The van der Waals surface area contributed by atoms with Gasteiger partial charge in [-0.1, -0.05) is 78.9 Å². The third kappa shape index (κ3) is 4.21. The molecule has 0 bridgehead atoms. The fraction of sp³-hybridized carbons (Fsp3) is 0.0667. The van der Waals surface area contributed by atoms with E-state index in [-0.39, 0.29) is 0 Å². The summed E-state index contributed by atoms with van der Waals surface area (Å²) in [5, 5.41) is 0. The summed E-state index contributed by atoms with van der Waals surface area (Å²) >= 11 is 0. The molecule has 4 aromatic carbocycles. The molecule has 0 spiro atoms. The first-order valence-corrected chi connectivity index (χ1v) is 11.1. The third-order valence-electron chi connectivity index (χ3n) is 5.87. The molecule has 156 valence electrons. The van der Waals surface area contributed by atoms with Gasteiger partial charge in [-0.3, -0.25) is 0 Å². The van der Waals surface area contributed by atoms with Crippen LogP contribution >= 0.6 is 0 Å². The molecule has 2 N–H and O–H groups in total. The number of nitrogen functional groups attached to an aromatic ring is 1. The highest BCUT2D eigenvalue weighted by molar-refractivity contribution is 5.80. The first-order valence-electron chi connectivity index (χ1n) is 11.1. The van der Waals surface area contributed by atoms with Crippen LogP contribution in [0, 0.1) is 0 Å². The minimum absolute atomic E-state index is 0.754. The molecule has 1 aliphatic rings. The Morgan fingerprint density at radius 1 is 0.594 bits per heavy atom. The van der Waals surface area contributed by atoms with Gasteiger partial charge in [-0.2, -0.15) is 0 Å². The molecule has 0 saturated carbocycles. The Hall–Kier alpha value is -4.04. The molecule has 4 aromatic rings. The quantitative estimate of drug-likeness (QED) is 0.334. The van der Waals surface area contributed by atoms with Crippen LogP contribution < -0.4 is 10.6 Å². The first kappa shape index (κ1) is 19.9. The first-order chi connectivity index (χ1) is 15.8. The molecule has 0 unspecified atom stereocenters. The number of nitrogens with two attached hydrogens (primary N) is 1. The van der Waals surface area contributed by atoms with Crippen molar-refractivity contribution in [1.29, 1.82) is 0 Å². The molecule has 2 nitrogen and oxygen atoms in total. The summed E-state index contributed by atoms with van der Waals surface area (Å²) in [5.74, 6) is 0. The van der Waals surface area contributed by atoms with Crippen molar-refractivity contribution in [2.75, 3.05) is 10.6 Å². The topological polar surface area (TPSA) is 29.3 Å². The molecule has 32 heavy (non-hydrogen) atoms. The van der Waals surface area contributed by atoms with Gasteiger partial charge in [0, 0.05) is 22.7 Å². The molecule has 1 aliphatic carbocycles. The SMILES string of the molecule is Nc1cccc(N(c2ccc(C3=CC=CCC3)cc2)c2ccc(-c3ccccc3)cc2)c1. The van der Waals surface area contributed by atoms with E-state index in [1.165, 1.54) is 22.3 Å². The monoisotopic (exact) mass is 414 g/mol. The summed E-state index contributed by atoms with van der Waals surface area (Å²) < 4.78 is 0. The summed E-state index contributed by atoms with van der Waals surface area (Å²) in [6.07, 6.45) is 8.79. The van der Waals surface area contributed by atoms with Gasteiger partial charge < -0.3 is 10.6 Å². The summed E-state index contributed by atoms with van der Waals surface area (Å²) in [6, 6.07) is 36.0. The highest BCUT2D eigenvalue weighted by atomic mass is 15.1. The molecular formula is C30H26N2. The maximum Gasteiger partial charge on any atom is 0.0482 e. The second-order valence-corrected chi connectivity index (χ2v) is 8.05. The van der Waals surface area contributed by atoms with Crippen molar-refractivity contribution in [3.05, 3.63) is 127 Å². The lowest BCUT2D eigenvalue weighted by Gasteiger charge is -2.26. The lowest BCUT2D eigenvalue weighted by atomic mass is 9.97. The Kier molecular flexibility index (Phi) is 5.59. The van der Waals surface area contributed by atoms with Crippen LogP contribution in [0.5, 0.6) is 0 Å². The lowest BCUT2D eigenvalue weighted by molar-refractivity contribution is 1.05. The number of hydrogen-bond donors (Lipinski definition) is 1. The number of anilines is 4. The smallest absolute Gasteiger partial charge is 0.0482 e. The lowest BCUT2D eigenvalue weighted by Crippen LogP contribution is -2.10. The van der Waals surface area contributed by atoms with Crippen molar-refractivity contribution in [3.63, 3.8) is 0 Å². The van der Waals surface area contributed by atoms with Crippen LogP contribution in [0.25, 0.3) is 16.7 Å². The van der Waals surface area contributed by atoms with Crippen molar-refractivity contribution in [1.82, 2.24) is 0 Å². The van der Waals surface area contributed by atoms with Crippen LogP contribution in [0.4, 0.5) is 22.7 Å². The summed E-state index contributed by atoms with van der Waals surface area (Å²) in [7, 11) is 0. The second-order valence-electron chi connectivity index (χ2n) is 8.05. The molecule has 0 amide bonds. The van der Waals surface area contributed by atoms with Crippen LogP contribution in [0.3, 0.4) is 0 Å². The van der Waals surface area contributed by atoms with Crippen LogP contribution in [-0.2, 0) is 0 Å². The van der Waals surface area contributed by atoms with Crippen molar-refractivity contribution >= 4 is 28.3 Å². The van der Waals surface area contributed by atoms with E-state index >= 15 is 0 Å². The van der Waals surface area contributed by atoms with E-state index < -0.39 is 0 Å². The van der Waals surface area contributed by atoms with Gasteiger partial charge in [-0.25, -0.2) is 0 Å². The Labute approximate surface area is 190 Å². The molecule has 0 heterocycles. The Balaban J connectivity index is 1.53. The van der Waals surface area contributed by atoms with Gasteiger partial charge in [-0.05, 0) is 77.6 Å². The summed E-state index contributed by atoms with van der Waals surface area (Å²) in [5.41, 5.74) is 15.2. The molecule has 0 aliphatic heterocycles. The van der Waals surface area contributed by atoms with E-state index in [2.05, 4.69) is 102 Å². The molecule has 0 radical (unpaired) electrons. The van der Waals surface area contributed by atoms with Gasteiger partial charge in [0.25, 0.3) is 0 Å². The molecule has 2 heteroatoms. The number of hydrogen-bond acceptors (Lipinski definition) is 2. The van der Waals surface area contributed by atoms with E-state index in [9.17, 15) is 0 Å². The van der Waals surface area contributed by atoms with Gasteiger partial charge in [0.1, 0.15) is 0 Å². The van der Waals surface area contributed by atoms with Crippen LogP contribution in [-0.4, -0.2) is 0 Å². The Bertz CT molecular complexity index is 1250. The van der Waals surface area contributed by atoms with Crippen molar-refractivity contribution in [3.8, 4) is 11.1 Å². The zero-order chi connectivity index (χ0) is 21.8. The maximum absolute atomic E-state index is 6.13. The predicted molar refractivity (Wildman–Crippen MR) is 137 cm³/mol. The molecule has 0 fully saturated rings. The maximum atomic E-state index is 6.13. The van der Waals surface area contributed by atoms with Gasteiger partial charge in [0.2, 0.25) is 0 Å². The minimum Gasteiger partial charge on any atom is -0.399 e. The van der Waals surface area contributed by atoms with E-state index in [0.29, 0.717) is 0 Å². The van der Waals surface area contributed by atoms with Crippen molar-refractivity contribution in [2.45, 2.75) is 12.8 Å². The number of nitrogens with zero attached hydrogens (tertiary/aromatic N) is 1. The average molecular weight is 415 g/mol. The van der Waals surface area contributed by atoms with E-state index in [0.717, 1.165) is 35.6 Å². The van der Waals surface area contributed by atoms with Crippen LogP contribution in [0.15, 0.2) is 121 Å². The summed E-state index contributed by atoms with van der Waals surface area (Å²) in [4.78, 5) is 2.25. The molecular weight excluding hydrogens is 388 g/mol. The molecule has 0 saturated heterocycles. The van der Waals surface area contributed by atoms with Gasteiger partial charge >= 0.3 is 0 Å². The zero-order valence-electron chi connectivity index (χ0n) is 18.0. The second kappa shape index (κ2) is 8.99. The predicted octanol–water partition coefficient (Wildman–Crippen LogP) is 8.14. The highest BCUT2D eigenvalue weighted by Gasteiger charge is 2.14. The molecule has 0 atom stereocenters. The Morgan fingerprint density at radius 3 is 1.88 bits per heavy atom. The third-order valence-corrected chi connectivity index (χ3v) is 5.87. The number of allylic oxidation sites excluding steroid dienone is 4. The summed E-state index contributed by atoms with van der Waals surface area (Å²) in [6.45, 7) is 0. The fourth-order valence-electron chi connectivity index (χ4n) is 4.21.